The summed E-state index contributed by atoms with van der Waals surface area (Å²) in [5.74, 6) is 0.853. The molecule has 4 aromatic carbocycles. The zero-order valence-electron chi connectivity index (χ0n) is 17.4. The van der Waals surface area contributed by atoms with E-state index in [1.807, 2.05) is 48.7 Å². The van der Waals surface area contributed by atoms with Crippen LogP contribution in [0.25, 0.3) is 61.0 Å². The van der Waals surface area contributed by atoms with Crippen LogP contribution in [0.15, 0.2) is 100 Å². The van der Waals surface area contributed by atoms with Crippen LogP contribution in [-0.2, 0) is 0 Å². The van der Waals surface area contributed by atoms with Gasteiger partial charge in [0.05, 0.1) is 22.3 Å². The highest BCUT2D eigenvalue weighted by molar-refractivity contribution is 6.05. The standard InChI is InChI=1S/C28H18N2O2/c1-17-10-13-25-21(14-17)22(16-31-25)28-29-23-7-3-4-8-24(23)30(28)18-11-12-20-19-6-2-5-9-26(19)32-27(20)15-18/h2-16H,1H3. The molecular weight excluding hydrogens is 396 g/mol. The number of aromatic nitrogens is 2. The van der Waals surface area contributed by atoms with Crippen LogP contribution in [0.1, 0.15) is 5.56 Å². The molecule has 0 bridgehead atoms. The Morgan fingerprint density at radius 2 is 1.56 bits per heavy atom. The fourth-order valence-corrected chi connectivity index (χ4v) is 4.64. The van der Waals surface area contributed by atoms with Crippen molar-refractivity contribution in [3.63, 3.8) is 0 Å². The molecule has 4 nitrogen and oxygen atoms in total. The highest BCUT2D eigenvalue weighted by Crippen LogP contribution is 2.36. The average molecular weight is 414 g/mol. The van der Waals surface area contributed by atoms with Crippen molar-refractivity contribution in [1.29, 1.82) is 0 Å². The molecule has 0 aliphatic heterocycles. The average Bonchev–Trinajstić information content (AvgIpc) is 3.50. The van der Waals surface area contributed by atoms with Gasteiger partial charge in [-0.1, -0.05) is 42.0 Å². The predicted octanol–water partition coefficient (Wildman–Crippen LogP) is 7.65. The predicted molar refractivity (Wildman–Crippen MR) is 128 cm³/mol. The zero-order valence-corrected chi connectivity index (χ0v) is 17.4. The van der Waals surface area contributed by atoms with Gasteiger partial charge in [0.25, 0.3) is 0 Å². The summed E-state index contributed by atoms with van der Waals surface area (Å²) < 4.78 is 14.2. The summed E-state index contributed by atoms with van der Waals surface area (Å²) in [6.07, 6.45) is 1.81. The molecule has 0 fully saturated rings. The van der Waals surface area contributed by atoms with Crippen LogP contribution in [0.5, 0.6) is 0 Å². The Hall–Kier alpha value is -4.31. The van der Waals surface area contributed by atoms with Crippen molar-refractivity contribution in [2.45, 2.75) is 6.92 Å². The molecule has 0 amide bonds. The van der Waals surface area contributed by atoms with Gasteiger partial charge < -0.3 is 8.83 Å². The molecule has 0 aliphatic rings. The van der Waals surface area contributed by atoms with Crippen molar-refractivity contribution >= 4 is 43.9 Å². The summed E-state index contributed by atoms with van der Waals surface area (Å²) in [6, 6.07) is 28.9. The van der Waals surface area contributed by atoms with E-state index >= 15 is 0 Å². The summed E-state index contributed by atoms with van der Waals surface area (Å²) in [6.45, 7) is 2.09. The van der Waals surface area contributed by atoms with Crippen LogP contribution in [-0.4, -0.2) is 9.55 Å². The van der Waals surface area contributed by atoms with Gasteiger partial charge in [0.15, 0.2) is 0 Å². The van der Waals surface area contributed by atoms with Crippen LogP contribution >= 0.6 is 0 Å². The fourth-order valence-electron chi connectivity index (χ4n) is 4.64. The van der Waals surface area contributed by atoms with E-state index in [4.69, 9.17) is 13.8 Å². The second-order valence-corrected chi connectivity index (χ2v) is 8.19. The van der Waals surface area contributed by atoms with Gasteiger partial charge in [-0.2, -0.15) is 0 Å². The molecule has 0 spiro atoms. The number of rotatable bonds is 2. The number of nitrogens with zero attached hydrogens (tertiary/aromatic N) is 2. The Labute approximate surface area is 183 Å². The van der Waals surface area contributed by atoms with E-state index in [9.17, 15) is 0 Å². The Bertz CT molecular complexity index is 1800. The van der Waals surface area contributed by atoms with Crippen molar-refractivity contribution in [3.8, 4) is 17.1 Å². The molecule has 3 aromatic heterocycles. The first-order valence-corrected chi connectivity index (χ1v) is 10.6. The van der Waals surface area contributed by atoms with Crippen LogP contribution in [0.2, 0.25) is 0 Å². The van der Waals surface area contributed by atoms with E-state index in [0.717, 1.165) is 61.0 Å². The maximum Gasteiger partial charge on any atom is 0.149 e. The maximum atomic E-state index is 6.17. The number of aryl methyl sites for hydroxylation is 1. The van der Waals surface area contributed by atoms with E-state index in [-0.39, 0.29) is 0 Å². The number of hydrogen-bond acceptors (Lipinski definition) is 3. The lowest BCUT2D eigenvalue weighted by atomic mass is 10.1. The molecule has 0 saturated carbocycles. The molecule has 152 valence electrons. The van der Waals surface area contributed by atoms with Crippen LogP contribution in [0.4, 0.5) is 0 Å². The Balaban J connectivity index is 1.54. The lowest BCUT2D eigenvalue weighted by Gasteiger charge is -2.09. The Morgan fingerprint density at radius 3 is 2.53 bits per heavy atom. The summed E-state index contributed by atoms with van der Waals surface area (Å²) >= 11 is 0. The van der Waals surface area contributed by atoms with Gasteiger partial charge in [-0.3, -0.25) is 4.57 Å². The number of fused-ring (bicyclic) bond motifs is 5. The van der Waals surface area contributed by atoms with E-state index in [0.29, 0.717) is 0 Å². The third kappa shape index (κ3) is 2.41. The van der Waals surface area contributed by atoms with Crippen LogP contribution < -0.4 is 0 Å². The van der Waals surface area contributed by atoms with E-state index in [2.05, 4.69) is 54.0 Å². The Kier molecular flexibility index (Phi) is 3.45. The monoisotopic (exact) mass is 414 g/mol. The minimum Gasteiger partial charge on any atom is -0.464 e. The van der Waals surface area contributed by atoms with Crippen molar-refractivity contribution in [1.82, 2.24) is 9.55 Å². The summed E-state index contributed by atoms with van der Waals surface area (Å²) in [5, 5.41) is 3.30. The molecule has 0 radical (unpaired) electrons. The van der Waals surface area contributed by atoms with Gasteiger partial charge >= 0.3 is 0 Å². The van der Waals surface area contributed by atoms with Crippen molar-refractivity contribution in [2.75, 3.05) is 0 Å². The van der Waals surface area contributed by atoms with Gasteiger partial charge in [-0.05, 0) is 49.4 Å². The molecule has 32 heavy (non-hydrogen) atoms. The molecule has 0 atom stereocenters. The number of benzene rings is 4. The van der Waals surface area contributed by atoms with Crippen molar-refractivity contribution < 1.29 is 8.83 Å². The summed E-state index contributed by atoms with van der Waals surface area (Å²) in [5.41, 5.74) is 7.76. The van der Waals surface area contributed by atoms with Crippen molar-refractivity contribution in [3.05, 3.63) is 96.8 Å². The second kappa shape index (κ2) is 6.34. The summed E-state index contributed by atoms with van der Waals surface area (Å²) in [7, 11) is 0. The maximum absolute atomic E-state index is 6.17. The molecule has 7 aromatic rings. The molecule has 0 saturated heterocycles. The van der Waals surface area contributed by atoms with Crippen molar-refractivity contribution in [2.24, 2.45) is 0 Å². The second-order valence-electron chi connectivity index (χ2n) is 8.19. The van der Waals surface area contributed by atoms with Gasteiger partial charge in [-0.25, -0.2) is 4.98 Å². The third-order valence-corrected chi connectivity index (χ3v) is 6.15. The molecule has 0 N–H and O–H groups in total. The molecule has 0 aliphatic carbocycles. The molecular formula is C28H18N2O2. The quantitative estimate of drug-likeness (QED) is 0.292. The first kappa shape index (κ1) is 17.4. The van der Waals surface area contributed by atoms with E-state index in [1.165, 1.54) is 5.56 Å². The lowest BCUT2D eigenvalue weighted by molar-refractivity contribution is 0.616. The van der Waals surface area contributed by atoms with Gasteiger partial charge in [0.1, 0.15) is 28.8 Å². The highest BCUT2D eigenvalue weighted by atomic mass is 16.3. The number of hydrogen-bond donors (Lipinski definition) is 0. The number of para-hydroxylation sites is 3. The topological polar surface area (TPSA) is 44.1 Å². The summed E-state index contributed by atoms with van der Waals surface area (Å²) in [4.78, 5) is 5.01. The molecule has 3 heterocycles. The molecule has 0 unspecified atom stereocenters. The SMILES string of the molecule is Cc1ccc2occ(-c3nc4ccccc4n3-c3ccc4c(c3)oc3ccccc34)c2c1. The first-order valence-electron chi connectivity index (χ1n) is 10.6. The number of imidazole rings is 1. The lowest BCUT2D eigenvalue weighted by Crippen LogP contribution is -1.97. The smallest absolute Gasteiger partial charge is 0.149 e. The van der Waals surface area contributed by atoms with Gasteiger partial charge in [-0.15, -0.1) is 0 Å². The van der Waals surface area contributed by atoms with Gasteiger partial charge in [0, 0.05) is 22.2 Å². The highest BCUT2D eigenvalue weighted by Gasteiger charge is 2.19. The largest absolute Gasteiger partial charge is 0.464 e. The van der Waals surface area contributed by atoms with E-state index in [1.54, 1.807) is 0 Å². The molecule has 4 heteroatoms. The number of furan rings is 2. The van der Waals surface area contributed by atoms with Crippen LogP contribution in [0.3, 0.4) is 0 Å². The Morgan fingerprint density at radius 1 is 0.719 bits per heavy atom. The van der Waals surface area contributed by atoms with E-state index < -0.39 is 0 Å². The zero-order chi connectivity index (χ0) is 21.2. The fraction of sp³-hybridized carbons (Fsp3) is 0.0357. The minimum atomic E-state index is 0.853. The van der Waals surface area contributed by atoms with Gasteiger partial charge in [0.2, 0.25) is 0 Å². The third-order valence-electron chi connectivity index (χ3n) is 6.15. The minimum absolute atomic E-state index is 0.853. The normalized spacial score (nSPS) is 11.9. The van der Waals surface area contributed by atoms with Crippen LogP contribution in [0, 0.1) is 6.92 Å². The first-order chi connectivity index (χ1) is 15.8. The molecule has 7 rings (SSSR count).